The lowest BCUT2D eigenvalue weighted by molar-refractivity contribution is -0.120. The molecule has 0 aromatic heterocycles. The van der Waals surface area contributed by atoms with Crippen molar-refractivity contribution in [3.8, 4) is 0 Å². The molecule has 2 heteroatoms. The quantitative estimate of drug-likeness (QED) is 0.879. The Labute approximate surface area is 128 Å². The second-order valence-electron chi connectivity index (χ2n) is 6.74. The van der Waals surface area contributed by atoms with Gasteiger partial charge in [0.05, 0.1) is 11.7 Å². The maximum atomic E-state index is 10.9. The lowest BCUT2D eigenvalue weighted by Crippen LogP contribution is -2.43. The van der Waals surface area contributed by atoms with Crippen LogP contribution in [-0.2, 0) is 11.2 Å². The van der Waals surface area contributed by atoms with Gasteiger partial charge in [0.25, 0.3) is 0 Å². The van der Waals surface area contributed by atoms with E-state index in [1.165, 1.54) is 43.2 Å². The second-order valence-corrected chi connectivity index (χ2v) is 6.74. The molecule has 2 aliphatic rings. The fourth-order valence-electron chi connectivity index (χ4n) is 4.42. The van der Waals surface area contributed by atoms with Crippen molar-refractivity contribution >= 4 is 0 Å². The molecule has 1 N–H and O–H groups in total. The lowest BCUT2D eigenvalue weighted by atomic mass is 9.77. The van der Waals surface area contributed by atoms with Crippen LogP contribution in [0.3, 0.4) is 0 Å². The summed E-state index contributed by atoms with van der Waals surface area (Å²) in [6.07, 6.45) is 8.61. The van der Waals surface area contributed by atoms with E-state index in [2.05, 4.69) is 24.3 Å². The Kier molecular flexibility index (Phi) is 4.66. The smallest absolute Gasteiger partial charge is 0.0940 e. The summed E-state index contributed by atoms with van der Waals surface area (Å²) in [6.45, 7) is 2.75. The second kappa shape index (κ2) is 6.50. The zero-order chi connectivity index (χ0) is 14.7. The predicted molar refractivity (Wildman–Crippen MR) is 85.6 cm³/mol. The third-order valence-corrected chi connectivity index (χ3v) is 5.49. The topological polar surface area (TPSA) is 29.5 Å². The number of aliphatic hydroxyl groups is 1. The molecule has 1 saturated carbocycles. The number of rotatable bonds is 5. The summed E-state index contributed by atoms with van der Waals surface area (Å²) in [7, 11) is 0. The van der Waals surface area contributed by atoms with Crippen LogP contribution in [0.2, 0.25) is 0 Å². The van der Waals surface area contributed by atoms with Crippen LogP contribution in [-0.4, -0.2) is 23.4 Å². The van der Waals surface area contributed by atoms with Gasteiger partial charge in [-0.15, -0.1) is 0 Å². The third-order valence-electron chi connectivity index (χ3n) is 5.49. The van der Waals surface area contributed by atoms with Crippen LogP contribution >= 0.6 is 0 Å². The zero-order valence-corrected chi connectivity index (χ0v) is 13.2. The van der Waals surface area contributed by atoms with E-state index in [-0.39, 0.29) is 11.7 Å². The summed E-state index contributed by atoms with van der Waals surface area (Å²) in [5, 5.41) is 10.9. The predicted octanol–water partition coefficient (Wildman–Crippen LogP) is 4.21. The lowest BCUT2D eigenvalue weighted by Gasteiger charge is -2.37. The van der Waals surface area contributed by atoms with Gasteiger partial charge in [-0.25, -0.2) is 0 Å². The molecule has 0 bridgehead atoms. The molecular formula is C19H28O2. The zero-order valence-electron chi connectivity index (χ0n) is 13.2. The van der Waals surface area contributed by atoms with Crippen molar-refractivity contribution in [3.05, 3.63) is 35.4 Å². The van der Waals surface area contributed by atoms with Gasteiger partial charge in [0.15, 0.2) is 0 Å². The third kappa shape index (κ3) is 3.02. The van der Waals surface area contributed by atoms with E-state index >= 15 is 0 Å². The molecule has 2 nitrogen and oxygen atoms in total. The first-order valence-electron chi connectivity index (χ1n) is 8.65. The Balaban J connectivity index is 1.74. The van der Waals surface area contributed by atoms with E-state index in [1.54, 1.807) is 0 Å². The normalized spacial score (nSPS) is 25.5. The highest BCUT2D eigenvalue weighted by molar-refractivity contribution is 5.32. The minimum atomic E-state index is -0.323. The van der Waals surface area contributed by atoms with Crippen LogP contribution in [0.25, 0.3) is 0 Å². The van der Waals surface area contributed by atoms with E-state index in [1.807, 2.05) is 6.92 Å². The summed E-state index contributed by atoms with van der Waals surface area (Å²) in [6, 6.07) is 8.78. The SMILES string of the molecule is CCOC1(C(O)CC2CCCc3ccccc32)CCCC1. The van der Waals surface area contributed by atoms with Gasteiger partial charge in [-0.3, -0.25) is 0 Å². The van der Waals surface area contributed by atoms with Gasteiger partial charge < -0.3 is 9.84 Å². The van der Waals surface area contributed by atoms with Gasteiger partial charge in [-0.2, -0.15) is 0 Å². The highest BCUT2D eigenvalue weighted by Crippen LogP contribution is 2.42. The van der Waals surface area contributed by atoms with Crippen LogP contribution in [0.1, 0.15) is 68.9 Å². The average Bonchev–Trinajstić information content (AvgIpc) is 2.98. The molecule has 21 heavy (non-hydrogen) atoms. The summed E-state index contributed by atoms with van der Waals surface area (Å²) < 4.78 is 6.03. The van der Waals surface area contributed by atoms with E-state index in [0.717, 1.165) is 19.3 Å². The Hall–Kier alpha value is -0.860. The number of benzene rings is 1. The monoisotopic (exact) mass is 288 g/mol. The van der Waals surface area contributed by atoms with E-state index in [4.69, 9.17) is 4.74 Å². The van der Waals surface area contributed by atoms with Crippen LogP contribution in [0.4, 0.5) is 0 Å². The first kappa shape index (κ1) is 15.1. The molecule has 2 atom stereocenters. The van der Waals surface area contributed by atoms with E-state index < -0.39 is 0 Å². The number of fused-ring (bicyclic) bond motifs is 1. The van der Waals surface area contributed by atoms with Crippen LogP contribution in [0.5, 0.6) is 0 Å². The molecule has 0 saturated heterocycles. The van der Waals surface area contributed by atoms with Crippen molar-refractivity contribution in [2.24, 2.45) is 0 Å². The standard InChI is InChI=1S/C19H28O2/c1-2-21-19(12-5-6-13-19)18(20)14-16-10-7-9-15-8-3-4-11-17(15)16/h3-4,8,11,16,18,20H,2,5-7,9-10,12-14H2,1H3. The first-order chi connectivity index (χ1) is 10.2. The molecule has 0 heterocycles. The van der Waals surface area contributed by atoms with Gasteiger partial charge in [-0.1, -0.05) is 37.1 Å². The fourth-order valence-corrected chi connectivity index (χ4v) is 4.42. The largest absolute Gasteiger partial charge is 0.390 e. The van der Waals surface area contributed by atoms with Gasteiger partial charge in [0.1, 0.15) is 0 Å². The molecule has 3 rings (SSSR count). The molecule has 2 unspecified atom stereocenters. The number of aliphatic hydroxyl groups excluding tert-OH is 1. The molecular weight excluding hydrogens is 260 g/mol. The van der Waals surface area contributed by atoms with Gasteiger partial charge >= 0.3 is 0 Å². The molecule has 116 valence electrons. The maximum Gasteiger partial charge on any atom is 0.0940 e. The summed E-state index contributed by atoms with van der Waals surface area (Å²) in [4.78, 5) is 0. The number of aryl methyl sites for hydroxylation is 1. The number of hydrogen-bond donors (Lipinski definition) is 1. The van der Waals surface area contributed by atoms with Crippen molar-refractivity contribution in [1.82, 2.24) is 0 Å². The highest BCUT2D eigenvalue weighted by atomic mass is 16.5. The molecule has 1 aromatic rings. The van der Waals surface area contributed by atoms with Crippen LogP contribution < -0.4 is 0 Å². The van der Waals surface area contributed by atoms with E-state index in [9.17, 15) is 5.11 Å². The molecule has 2 aliphatic carbocycles. The van der Waals surface area contributed by atoms with Crippen LogP contribution in [0, 0.1) is 0 Å². The minimum absolute atomic E-state index is 0.263. The average molecular weight is 288 g/mol. The highest BCUT2D eigenvalue weighted by Gasteiger charge is 2.42. The first-order valence-corrected chi connectivity index (χ1v) is 8.65. The van der Waals surface area contributed by atoms with Crippen molar-refractivity contribution in [1.29, 1.82) is 0 Å². The Morgan fingerprint density at radius 3 is 2.76 bits per heavy atom. The van der Waals surface area contributed by atoms with Crippen LogP contribution in [0.15, 0.2) is 24.3 Å². The number of ether oxygens (including phenoxy) is 1. The van der Waals surface area contributed by atoms with E-state index in [0.29, 0.717) is 12.5 Å². The molecule has 0 radical (unpaired) electrons. The number of hydrogen-bond acceptors (Lipinski definition) is 2. The molecule has 1 aromatic carbocycles. The Morgan fingerprint density at radius 1 is 1.24 bits per heavy atom. The van der Waals surface area contributed by atoms with Gasteiger partial charge in [0, 0.05) is 6.61 Å². The van der Waals surface area contributed by atoms with Crippen molar-refractivity contribution in [2.75, 3.05) is 6.61 Å². The molecule has 0 aliphatic heterocycles. The molecule has 0 spiro atoms. The van der Waals surface area contributed by atoms with Crippen molar-refractivity contribution in [3.63, 3.8) is 0 Å². The molecule has 1 fully saturated rings. The Bertz CT molecular complexity index is 462. The summed E-state index contributed by atoms with van der Waals surface area (Å²) in [5.74, 6) is 0.503. The fraction of sp³-hybridized carbons (Fsp3) is 0.684. The van der Waals surface area contributed by atoms with Crippen molar-refractivity contribution in [2.45, 2.75) is 75.9 Å². The van der Waals surface area contributed by atoms with Gasteiger partial charge in [-0.05, 0) is 62.5 Å². The maximum absolute atomic E-state index is 10.9. The summed E-state index contributed by atoms with van der Waals surface area (Å²) >= 11 is 0. The van der Waals surface area contributed by atoms with Gasteiger partial charge in [0.2, 0.25) is 0 Å². The Morgan fingerprint density at radius 2 is 2.00 bits per heavy atom. The molecule has 0 amide bonds. The summed E-state index contributed by atoms with van der Waals surface area (Å²) in [5.41, 5.74) is 2.69. The van der Waals surface area contributed by atoms with Crippen molar-refractivity contribution < 1.29 is 9.84 Å². The minimum Gasteiger partial charge on any atom is -0.390 e.